The second-order valence-electron chi connectivity index (χ2n) is 6.18. The van der Waals surface area contributed by atoms with Crippen molar-refractivity contribution in [3.05, 3.63) is 112 Å². The number of benzene rings is 3. The molecule has 0 heterocycles. The van der Waals surface area contributed by atoms with Crippen molar-refractivity contribution in [1.29, 1.82) is 0 Å². The predicted molar refractivity (Wildman–Crippen MR) is 111 cm³/mol. The Bertz CT molecular complexity index is 1020. The number of rotatable bonds is 7. The van der Waals surface area contributed by atoms with Crippen LogP contribution >= 0.6 is 15.9 Å². The summed E-state index contributed by atoms with van der Waals surface area (Å²) in [6.07, 6.45) is -1.22. The summed E-state index contributed by atoms with van der Waals surface area (Å²) < 4.78 is 5.56. The predicted octanol–water partition coefficient (Wildman–Crippen LogP) is 5.14. The van der Waals surface area contributed by atoms with E-state index in [1.807, 2.05) is 0 Å². The maximum Gasteiger partial charge on any atom is 0.338 e. The number of non-ortho nitro benzene ring substituents is 1. The highest BCUT2D eigenvalue weighted by molar-refractivity contribution is 9.09. The maximum atomic E-state index is 13.1. The third-order valence-electron chi connectivity index (χ3n) is 4.23. The molecule has 6 nitrogen and oxygen atoms in total. The molecule has 0 aliphatic carbocycles. The fraction of sp³-hybridized carbons (Fsp3) is 0.0909. The van der Waals surface area contributed by atoms with Gasteiger partial charge in [0.05, 0.1) is 15.3 Å². The molecule has 0 bridgehead atoms. The molecular weight excluding hydrogens is 438 g/mol. The molecule has 3 aromatic rings. The monoisotopic (exact) mass is 453 g/mol. The van der Waals surface area contributed by atoms with Gasteiger partial charge in [0.1, 0.15) is 0 Å². The number of carbonyl (C=O) groups excluding carboxylic acids is 2. The molecule has 3 rings (SSSR count). The number of ketones is 1. The van der Waals surface area contributed by atoms with Crippen LogP contribution in [0.1, 0.15) is 31.1 Å². The number of nitro benzene ring substituents is 1. The molecule has 7 heteroatoms. The van der Waals surface area contributed by atoms with E-state index in [1.165, 1.54) is 18.2 Å². The van der Waals surface area contributed by atoms with Crippen molar-refractivity contribution in [2.75, 3.05) is 0 Å². The molecule has 2 atom stereocenters. The highest BCUT2D eigenvalue weighted by Gasteiger charge is 2.33. The van der Waals surface area contributed by atoms with Gasteiger partial charge >= 0.3 is 5.97 Å². The zero-order valence-corrected chi connectivity index (χ0v) is 16.7. The Morgan fingerprint density at radius 3 is 2.03 bits per heavy atom. The summed E-state index contributed by atoms with van der Waals surface area (Å²) in [4.78, 5) is 35.5. The third-order valence-corrected chi connectivity index (χ3v) is 5.23. The average Bonchev–Trinajstić information content (AvgIpc) is 2.77. The molecule has 0 aliphatic heterocycles. The molecule has 0 amide bonds. The van der Waals surface area contributed by atoms with Crippen molar-refractivity contribution in [3.63, 3.8) is 0 Å². The molecule has 3 aromatic carbocycles. The number of nitro groups is 1. The number of halogens is 1. The van der Waals surface area contributed by atoms with Crippen LogP contribution in [-0.2, 0) is 4.74 Å². The second kappa shape index (κ2) is 9.25. The van der Waals surface area contributed by atoms with E-state index >= 15 is 0 Å². The van der Waals surface area contributed by atoms with Crippen LogP contribution < -0.4 is 0 Å². The first kappa shape index (κ1) is 20.4. The van der Waals surface area contributed by atoms with Gasteiger partial charge in [-0.2, -0.15) is 0 Å². The van der Waals surface area contributed by atoms with Crippen LogP contribution in [0.15, 0.2) is 84.9 Å². The lowest BCUT2D eigenvalue weighted by molar-refractivity contribution is -0.384. The number of hydrogen-bond acceptors (Lipinski definition) is 5. The average molecular weight is 454 g/mol. The van der Waals surface area contributed by atoms with Gasteiger partial charge in [-0.05, 0) is 17.7 Å². The highest BCUT2D eigenvalue weighted by atomic mass is 79.9. The summed E-state index contributed by atoms with van der Waals surface area (Å²) in [7, 11) is 0. The Morgan fingerprint density at radius 2 is 1.45 bits per heavy atom. The maximum absolute atomic E-state index is 13.1. The Balaban J connectivity index is 1.95. The molecule has 0 aliphatic rings. The fourth-order valence-corrected chi connectivity index (χ4v) is 3.39. The van der Waals surface area contributed by atoms with E-state index in [1.54, 1.807) is 66.7 Å². The first-order valence-electron chi connectivity index (χ1n) is 8.71. The lowest BCUT2D eigenvalue weighted by Crippen LogP contribution is -2.31. The van der Waals surface area contributed by atoms with Gasteiger partial charge in [0.2, 0.25) is 5.78 Å². The number of carbonyl (C=O) groups is 2. The van der Waals surface area contributed by atoms with Crippen molar-refractivity contribution in [2.45, 2.75) is 10.9 Å². The topological polar surface area (TPSA) is 86.5 Å². The molecule has 0 N–H and O–H groups in total. The number of esters is 1. The summed E-state index contributed by atoms with van der Waals surface area (Å²) >= 11 is 3.41. The SMILES string of the molecule is O=C(O[C@H](C(=O)c1ccccc1)[C@@H](Br)c1cccc([N+](=O)[O-])c1)c1ccccc1. The molecule has 0 aromatic heterocycles. The molecular formula is C22H16BrNO5. The Kier molecular flexibility index (Phi) is 6.51. The summed E-state index contributed by atoms with van der Waals surface area (Å²) in [5, 5.41) is 11.1. The van der Waals surface area contributed by atoms with E-state index in [-0.39, 0.29) is 5.69 Å². The molecule has 0 saturated carbocycles. The van der Waals surface area contributed by atoms with E-state index in [4.69, 9.17) is 4.74 Å². The third kappa shape index (κ3) is 4.94. The zero-order valence-electron chi connectivity index (χ0n) is 15.1. The van der Waals surface area contributed by atoms with Gasteiger partial charge in [0.25, 0.3) is 5.69 Å². The number of hydrogen-bond donors (Lipinski definition) is 0. The molecule has 29 heavy (non-hydrogen) atoms. The van der Waals surface area contributed by atoms with Gasteiger partial charge in [-0.1, -0.05) is 76.6 Å². The highest BCUT2D eigenvalue weighted by Crippen LogP contribution is 2.33. The first-order chi connectivity index (χ1) is 14.0. The van der Waals surface area contributed by atoms with Crippen LogP contribution in [0.3, 0.4) is 0 Å². The van der Waals surface area contributed by atoms with E-state index in [0.717, 1.165) is 0 Å². The van der Waals surface area contributed by atoms with Crippen LogP contribution in [0.2, 0.25) is 0 Å². The Hall–Kier alpha value is -3.32. The van der Waals surface area contributed by atoms with Gasteiger partial charge < -0.3 is 4.74 Å². The van der Waals surface area contributed by atoms with E-state index in [9.17, 15) is 19.7 Å². The normalized spacial score (nSPS) is 12.6. The van der Waals surface area contributed by atoms with Gasteiger partial charge in [-0.3, -0.25) is 14.9 Å². The molecule has 0 fully saturated rings. The van der Waals surface area contributed by atoms with Gasteiger partial charge in [-0.15, -0.1) is 0 Å². The second-order valence-corrected chi connectivity index (χ2v) is 7.16. The Labute approximate surface area is 175 Å². The van der Waals surface area contributed by atoms with Gasteiger partial charge in [-0.25, -0.2) is 4.79 Å². The minimum atomic E-state index is -1.22. The van der Waals surface area contributed by atoms with Crippen molar-refractivity contribution in [1.82, 2.24) is 0 Å². The van der Waals surface area contributed by atoms with Gasteiger partial charge in [0.15, 0.2) is 6.10 Å². The van der Waals surface area contributed by atoms with E-state index < -0.39 is 27.6 Å². The molecule has 0 saturated heterocycles. The minimum Gasteiger partial charge on any atom is -0.449 e. The van der Waals surface area contributed by atoms with Crippen LogP contribution in [-0.4, -0.2) is 22.8 Å². The van der Waals surface area contributed by atoms with Crippen LogP contribution in [0.25, 0.3) is 0 Å². The van der Waals surface area contributed by atoms with Crippen molar-refractivity contribution >= 4 is 33.4 Å². The zero-order chi connectivity index (χ0) is 20.8. The summed E-state index contributed by atoms with van der Waals surface area (Å²) in [6, 6.07) is 22.6. The lowest BCUT2D eigenvalue weighted by Gasteiger charge is -2.22. The molecule has 0 unspecified atom stereocenters. The lowest BCUT2D eigenvalue weighted by atomic mass is 9.99. The summed E-state index contributed by atoms with van der Waals surface area (Å²) in [6.45, 7) is 0. The number of Topliss-reactive ketones (excluding diaryl/α,β-unsaturated/α-hetero) is 1. The van der Waals surface area contributed by atoms with E-state index in [2.05, 4.69) is 15.9 Å². The number of ether oxygens (including phenoxy) is 1. The van der Waals surface area contributed by atoms with Crippen molar-refractivity contribution in [2.24, 2.45) is 0 Å². The fourth-order valence-electron chi connectivity index (χ4n) is 2.76. The Morgan fingerprint density at radius 1 is 0.862 bits per heavy atom. The largest absolute Gasteiger partial charge is 0.449 e. The van der Waals surface area contributed by atoms with E-state index in [0.29, 0.717) is 16.7 Å². The number of nitrogens with zero attached hydrogens (tertiary/aromatic N) is 1. The first-order valence-corrected chi connectivity index (χ1v) is 9.62. The molecule has 0 radical (unpaired) electrons. The van der Waals surface area contributed by atoms with Crippen molar-refractivity contribution < 1.29 is 19.2 Å². The summed E-state index contributed by atoms with van der Waals surface area (Å²) in [5.41, 5.74) is 1.01. The molecule has 0 spiro atoms. The quantitative estimate of drug-likeness (QED) is 0.162. The minimum absolute atomic E-state index is 0.118. The standard InChI is InChI=1S/C22H16BrNO5/c23-19(17-12-7-13-18(14-17)24(27)28)21(20(25)15-8-3-1-4-9-15)29-22(26)16-10-5-2-6-11-16/h1-14,19,21H/t19-,21-/m0/s1. The molecule has 146 valence electrons. The van der Waals surface area contributed by atoms with Crippen molar-refractivity contribution in [3.8, 4) is 0 Å². The van der Waals surface area contributed by atoms with Crippen LogP contribution in [0, 0.1) is 10.1 Å². The summed E-state index contributed by atoms with van der Waals surface area (Å²) in [5.74, 6) is -1.07. The van der Waals surface area contributed by atoms with Crippen LogP contribution in [0.5, 0.6) is 0 Å². The number of alkyl halides is 1. The smallest absolute Gasteiger partial charge is 0.338 e. The van der Waals surface area contributed by atoms with Gasteiger partial charge in [0, 0.05) is 17.7 Å². The van der Waals surface area contributed by atoms with Crippen LogP contribution in [0.4, 0.5) is 5.69 Å².